The molecule has 0 fully saturated rings. The first-order chi connectivity index (χ1) is 13.8. The molecule has 0 saturated heterocycles. The highest BCUT2D eigenvalue weighted by Crippen LogP contribution is 2.31. The third-order valence-electron chi connectivity index (χ3n) is 4.51. The molecule has 2 aromatic carbocycles. The van der Waals surface area contributed by atoms with Crippen molar-refractivity contribution in [3.05, 3.63) is 56.5 Å². The molecule has 9 heteroatoms. The monoisotopic (exact) mass is 479 g/mol. The molecule has 7 nitrogen and oxygen atoms in total. The van der Waals surface area contributed by atoms with Crippen molar-refractivity contribution in [1.29, 1.82) is 0 Å². The lowest BCUT2D eigenvalue weighted by atomic mass is 10.1. The average molecular weight is 481 g/mol. The van der Waals surface area contributed by atoms with Crippen LogP contribution in [-0.2, 0) is 0 Å². The number of hydrogen-bond donors (Lipinski definition) is 2. The molecular formula is C20H19BrClN3O4. The molecule has 2 N–H and O–H groups in total. The molecule has 0 saturated carbocycles. The number of urea groups is 1. The fraction of sp³-hybridized carbons (Fsp3) is 0.250. The van der Waals surface area contributed by atoms with Crippen molar-refractivity contribution >= 4 is 51.1 Å². The maximum Gasteiger partial charge on any atom is 0.319 e. The van der Waals surface area contributed by atoms with E-state index < -0.39 is 6.03 Å². The van der Waals surface area contributed by atoms with E-state index in [1.165, 1.54) is 12.0 Å². The Balaban J connectivity index is 1.51. The van der Waals surface area contributed by atoms with Gasteiger partial charge in [0, 0.05) is 28.7 Å². The first-order valence-electron chi connectivity index (χ1n) is 8.86. The van der Waals surface area contributed by atoms with Gasteiger partial charge in [-0.3, -0.25) is 14.5 Å². The lowest BCUT2D eigenvalue weighted by Gasteiger charge is -2.15. The van der Waals surface area contributed by atoms with E-state index in [1.807, 2.05) is 6.92 Å². The number of fused-ring (bicyclic) bond motifs is 1. The molecule has 29 heavy (non-hydrogen) atoms. The first kappa shape index (κ1) is 21.1. The van der Waals surface area contributed by atoms with Gasteiger partial charge < -0.3 is 15.4 Å². The number of ether oxygens (including phenoxy) is 1. The van der Waals surface area contributed by atoms with Crippen LogP contribution in [0.1, 0.15) is 32.7 Å². The van der Waals surface area contributed by atoms with E-state index in [1.54, 1.807) is 30.3 Å². The number of carbonyl (C=O) groups is 3. The zero-order chi connectivity index (χ0) is 21.1. The van der Waals surface area contributed by atoms with Gasteiger partial charge in [-0.15, -0.1) is 0 Å². The van der Waals surface area contributed by atoms with Gasteiger partial charge in [-0.25, -0.2) is 4.79 Å². The zero-order valence-electron chi connectivity index (χ0n) is 15.8. The van der Waals surface area contributed by atoms with Crippen molar-refractivity contribution in [2.24, 2.45) is 0 Å². The molecule has 2 aromatic rings. The van der Waals surface area contributed by atoms with Crippen LogP contribution in [0.25, 0.3) is 0 Å². The van der Waals surface area contributed by atoms with Crippen LogP contribution >= 0.6 is 27.5 Å². The maximum absolute atomic E-state index is 12.4. The van der Waals surface area contributed by atoms with Crippen molar-refractivity contribution in [2.75, 3.05) is 25.5 Å². The third kappa shape index (κ3) is 4.54. The topological polar surface area (TPSA) is 87.7 Å². The van der Waals surface area contributed by atoms with E-state index in [0.29, 0.717) is 34.0 Å². The molecule has 152 valence electrons. The zero-order valence-corrected chi connectivity index (χ0v) is 18.2. The lowest BCUT2D eigenvalue weighted by Crippen LogP contribution is -2.35. The Kier molecular flexibility index (Phi) is 6.44. The molecule has 0 spiro atoms. The molecule has 1 aliphatic heterocycles. The summed E-state index contributed by atoms with van der Waals surface area (Å²) in [6.07, 6.45) is 0.427. The van der Waals surface area contributed by atoms with E-state index in [9.17, 15) is 14.4 Å². The molecule has 0 atom stereocenters. The van der Waals surface area contributed by atoms with Crippen molar-refractivity contribution in [3.63, 3.8) is 0 Å². The summed E-state index contributed by atoms with van der Waals surface area (Å²) in [5.41, 5.74) is 2.09. The van der Waals surface area contributed by atoms with Crippen LogP contribution in [0, 0.1) is 6.92 Å². The van der Waals surface area contributed by atoms with Crippen LogP contribution in [0.3, 0.4) is 0 Å². The normalized spacial score (nSPS) is 12.8. The van der Waals surface area contributed by atoms with Crippen molar-refractivity contribution in [3.8, 4) is 5.75 Å². The second kappa shape index (κ2) is 8.84. The van der Waals surface area contributed by atoms with Gasteiger partial charge in [0.2, 0.25) is 0 Å². The second-order valence-corrected chi connectivity index (χ2v) is 7.81. The first-order valence-corrected chi connectivity index (χ1v) is 10.0. The molecule has 3 rings (SSSR count). The van der Waals surface area contributed by atoms with Crippen LogP contribution in [0.2, 0.25) is 5.02 Å². The van der Waals surface area contributed by atoms with Gasteiger partial charge in [-0.1, -0.05) is 27.5 Å². The highest BCUT2D eigenvalue weighted by Gasteiger charge is 2.34. The molecular weight excluding hydrogens is 462 g/mol. The number of aryl methyl sites for hydroxylation is 1. The summed E-state index contributed by atoms with van der Waals surface area (Å²) in [4.78, 5) is 38.2. The number of hydrogen-bond acceptors (Lipinski definition) is 4. The summed E-state index contributed by atoms with van der Waals surface area (Å²) in [7, 11) is 1.49. The van der Waals surface area contributed by atoms with Gasteiger partial charge in [0.15, 0.2) is 0 Å². The number of nitrogens with one attached hydrogen (secondary N) is 2. The van der Waals surface area contributed by atoms with E-state index in [4.69, 9.17) is 16.3 Å². The van der Waals surface area contributed by atoms with Gasteiger partial charge in [-0.2, -0.15) is 0 Å². The molecule has 0 unspecified atom stereocenters. The summed E-state index contributed by atoms with van der Waals surface area (Å²) < 4.78 is 5.97. The van der Waals surface area contributed by atoms with E-state index in [-0.39, 0.29) is 24.9 Å². The minimum absolute atomic E-state index is 0.216. The van der Waals surface area contributed by atoms with Gasteiger partial charge >= 0.3 is 6.03 Å². The van der Waals surface area contributed by atoms with Gasteiger partial charge in [0.05, 0.1) is 23.9 Å². The van der Waals surface area contributed by atoms with Crippen LogP contribution < -0.4 is 15.4 Å². The number of benzene rings is 2. The Hall–Kier alpha value is -2.58. The average Bonchev–Trinajstić information content (AvgIpc) is 2.91. The lowest BCUT2D eigenvalue weighted by molar-refractivity contribution is 0.0653. The molecule has 4 amide bonds. The molecule has 0 radical (unpaired) electrons. The quantitative estimate of drug-likeness (QED) is 0.478. The van der Waals surface area contributed by atoms with Crippen LogP contribution in [0.5, 0.6) is 5.75 Å². The summed E-state index contributed by atoms with van der Waals surface area (Å²) >= 11 is 9.37. The molecule has 0 aromatic heterocycles. The molecule has 0 aliphatic carbocycles. The van der Waals surface area contributed by atoms with Gasteiger partial charge in [0.25, 0.3) is 11.8 Å². The smallest absolute Gasteiger partial charge is 0.319 e. The minimum Gasteiger partial charge on any atom is -0.495 e. The summed E-state index contributed by atoms with van der Waals surface area (Å²) in [5, 5.41) is 5.96. The summed E-state index contributed by atoms with van der Waals surface area (Å²) in [6.45, 7) is 2.33. The molecule has 1 heterocycles. The van der Waals surface area contributed by atoms with Crippen molar-refractivity contribution in [2.45, 2.75) is 13.3 Å². The Labute approximate surface area is 181 Å². The predicted octanol–water partition coefficient (Wildman–Crippen LogP) is 4.23. The number of nitrogens with zero attached hydrogens (tertiary/aromatic N) is 1. The van der Waals surface area contributed by atoms with Crippen LogP contribution in [-0.4, -0.2) is 42.9 Å². The number of rotatable bonds is 6. The number of anilines is 1. The predicted molar refractivity (Wildman–Crippen MR) is 114 cm³/mol. The number of halogens is 2. The van der Waals surface area contributed by atoms with Crippen LogP contribution in [0.4, 0.5) is 10.5 Å². The van der Waals surface area contributed by atoms with Gasteiger partial charge in [0.1, 0.15) is 5.75 Å². The van der Waals surface area contributed by atoms with Crippen LogP contribution in [0.15, 0.2) is 34.8 Å². The second-order valence-electron chi connectivity index (χ2n) is 6.49. The van der Waals surface area contributed by atoms with Gasteiger partial charge in [-0.05, 0) is 43.2 Å². The fourth-order valence-corrected chi connectivity index (χ4v) is 3.52. The van der Waals surface area contributed by atoms with Crippen molar-refractivity contribution < 1.29 is 19.1 Å². The van der Waals surface area contributed by atoms with Crippen molar-refractivity contribution in [1.82, 2.24) is 10.2 Å². The number of amides is 4. The number of methoxy groups -OCH3 is 1. The fourth-order valence-electron chi connectivity index (χ4n) is 3.00. The Bertz CT molecular complexity index is 996. The molecule has 0 bridgehead atoms. The SMILES string of the molecule is COc1cc(Cl)c(C)cc1NC(=O)NCCCN1C(=O)c2ccc(Br)cc2C1=O. The standard InChI is InChI=1S/C20H19BrClN3O4/c1-11-8-16(17(29-2)10-15(11)22)24-20(28)23-6-3-7-25-18(26)13-5-4-12(21)9-14(13)19(25)27/h4-5,8-10H,3,6-7H2,1-2H3,(H2,23,24,28). The molecule has 1 aliphatic rings. The van der Waals surface area contributed by atoms with E-state index >= 15 is 0 Å². The third-order valence-corrected chi connectivity index (χ3v) is 5.41. The largest absolute Gasteiger partial charge is 0.495 e. The van der Waals surface area contributed by atoms with E-state index in [0.717, 1.165) is 10.0 Å². The Morgan fingerprint density at radius 2 is 1.90 bits per heavy atom. The maximum atomic E-state index is 12.4. The Morgan fingerprint density at radius 1 is 1.17 bits per heavy atom. The highest BCUT2D eigenvalue weighted by molar-refractivity contribution is 9.10. The summed E-state index contributed by atoms with van der Waals surface area (Å²) in [5.74, 6) is -0.187. The minimum atomic E-state index is -0.420. The van der Waals surface area contributed by atoms with E-state index in [2.05, 4.69) is 26.6 Å². The number of carbonyl (C=O) groups excluding carboxylic acids is 3. The highest BCUT2D eigenvalue weighted by atomic mass is 79.9. The number of imide groups is 1. The Morgan fingerprint density at radius 3 is 2.62 bits per heavy atom. The summed E-state index contributed by atoms with van der Waals surface area (Å²) in [6, 6.07) is 7.93.